The smallest absolute Gasteiger partial charge is 0.266 e. The molecule has 2 aromatic rings. The zero-order chi connectivity index (χ0) is 22.9. The average Bonchev–Trinajstić information content (AvgIpc) is 3.08. The molecule has 1 heterocycles. The van der Waals surface area contributed by atoms with Crippen LogP contribution in [0, 0.1) is 12.3 Å². The number of aliphatic imine (C=N–C) groups is 1. The van der Waals surface area contributed by atoms with Gasteiger partial charge in [0.2, 0.25) is 0 Å². The number of carbonyl (C=O) groups is 1. The molecule has 0 N–H and O–H groups in total. The van der Waals surface area contributed by atoms with Crippen LogP contribution in [-0.4, -0.2) is 50.0 Å². The van der Waals surface area contributed by atoms with Gasteiger partial charge in [0.1, 0.15) is 6.61 Å². The van der Waals surface area contributed by atoms with Gasteiger partial charge in [-0.2, -0.15) is 0 Å². The number of ether oxygens (including phenoxy) is 3. The van der Waals surface area contributed by atoms with Crippen LogP contribution >= 0.6 is 27.7 Å². The van der Waals surface area contributed by atoms with Gasteiger partial charge in [-0.25, -0.2) is 4.99 Å². The highest BCUT2D eigenvalue weighted by atomic mass is 79.9. The predicted molar refractivity (Wildman–Crippen MR) is 132 cm³/mol. The Morgan fingerprint density at radius 3 is 2.69 bits per heavy atom. The van der Waals surface area contributed by atoms with Gasteiger partial charge in [0.25, 0.3) is 5.91 Å². The first-order valence-corrected chi connectivity index (χ1v) is 11.5. The number of para-hydroxylation sites is 1. The Bertz CT molecular complexity index is 1060. The van der Waals surface area contributed by atoms with E-state index in [1.165, 1.54) is 11.8 Å². The zero-order valence-electron chi connectivity index (χ0n) is 17.8. The van der Waals surface area contributed by atoms with Crippen molar-refractivity contribution >= 4 is 50.5 Å². The molecular weight excluding hydrogens is 492 g/mol. The second-order valence-corrected chi connectivity index (χ2v) is 8.52. The Labute approximate surface area is 200 Å². The second-order valence-electron chi connectivity index (χ2n) is 6.66. The molecule has 0 atom stereocenters. The molecule has 0 bridgehead atoms. The first-order chi connectivity index (χ1) is 15.6. The second kappa shape index (κ2) is 11.8. The largest absolute Gasteiger partial charge is 0.493 e. The van der Waals surface area contributed by atoms with Crippen molar-refractivity contribution in [3.05, 3.63) is 57.4 Å². The normalized spacial score (nSPS) is 15.9. The van der Waals surface area contributed by atoms with Gasteiger partial charge < -0.3 is 14.2 Å². The molecule has 1 fully saturated rings. The number of hydrogen-bond acceptors (Lipinski definition) is 6. The third-order valence-corrected chi connectivity index (χ3v) is 6.17. The first-order valence-electron chi connectivity index (χ1n) is 9.85. The molecule has 0 radical (unpaired) electrons. The molecule has 2 aromatic carbocycles. The summed E-state index contributed by atoms with van der Waals surface area (Å²) in [6.07, 6.45) is 7.82. The lowest BCUT2D eigenvalue weighted by Crippen LogP contribution is -2.30. The zero-order valence-corrected chi connectivity index (χ0v) is 20.2. The summed E-state index contributed by atoms with van der Waals surface area (Å²) in [5, 5.41) is 0.639. The average molecular weight is 515 g/mol. The fourth-order valence-corrected chi connectivity index (χ4v) is 4.42. The van der Waals surface area contributed by atoms with Crippen LogP contribution in [0.25, 0.3) is 6.08 Å². The molecule has 0 aliphatic carbocycles. The molecule has 0 saturated carbocycles. The van der Waals surface area contributed by atoms with Crippen molar-refractivity contribution in [1.82, 2.24) is 4.90 Å². The van der Waals surface area contributed by atoms with Crippen LogP contribution in [-0.2, 0) is 9.53 Å². The van der Waals surface area contributed by atoms with Gasteiger partial charge in [-0.3, -0.25) is 9.69 Å². The molecule has 1 aliphatic rings. The summed E-state index contributed by atoms with van der Waals surface area (Å²) in [6.45, 7) is 1.22. The van der Waals surface area contributed by atoms with E-state index >= 15 is 0 Å². The van der Waals surface area contributed by atoms with E-state index in [2.05, 4.69) is 21.9 Å². The van der Waals surface area contributed by atoms with E-state index in [-0.39, 0.29) is 12.5 Å². The molecular formula is C24H23BrN2O4S. The number of carbonyl (C=O) groups excluding carboxylic acids is 1. The Morgan fingerprint density at radius 1 is 1.22 bits per heavy atom. The van der Waals surface area contributed by atoms with Gasteiger partial charge in [0.05, 0.1) is 17.7 Å². The number of rotatable bonds is 9. The van der Waals surface area contributed by atoms with E-state index in [1.807, 2.05) is 36.4 Å². The van der Waals surface area contributed by atoms with Gasteiger partial charge in [-0.15, -0.1) is 6.42 Å². The van der Waals surface area contributed by atoms with Crippen molar-refractivity contribution in [2.24, 2.45) is 4.99 Å². The number of thioether (sulfide) groups is 1. The number of methoxy groups -OCH3 is 2. The number of nitrogens with zero attached hydrogens (tertiary/aromatic N) is 2. The highest BCUT2D eigenvalue weighted by molar-refractivity contribution is 9.10. The van der Waals surface area contributed by atoms with Crippen LogP contribution in [0.2, 0.25) is 0 Å². The predicted octanol–water partition coefficient (Wildman–Crippen LogP) is 5.11. The summed E-state index contributed by atoms with van der Waals surface area (Å²) in [5.41, 5.74) is 1.57. The molecule has 3 rings (SSSR count). The number of hydrogen-bond donors (Lipinski definition) is 0. The lowest BCUT2D eigenvalue weighted by molar-refractivity contribution is -0.122. The molecule has 0 spiro atoms. The maximum atomic E-state index is 13.2. The number of halogens is 1. The summed E-state index contributed by atoms with van der Waals surface area (Å²) in [4.78, 5) is 20.2. The highest BCUT2D eigenvalue weighted by Gasteiger charge is 2.33. The molecule has 0 aromatic heterocycles. The number of benzene rings is 2. The maximum Gasteiger partial charge on any atom is 0.266 e. The molecule has 1 saturated heterocycles. The van der Waals surface area contributed by atoms with Crippen molar-refractivity contribution in [2.75, 3.05) is 34.0 Å². The Balaban J connectivity index is 1.94. The van der Waals surface area contributed by atoms with E-state index in [4.69, 9.17) is 25.6 Å². The maximum absolute atomic E-state index is 13.2. The Morgan fingerprint density at radius 2 is 2.00 bits per heavy atom. The molecule has 6 nitrogen and oxygen atoms in total. The molecule has 32 heavy (non-hydrogen) atoms. The van der Waals surface area contributed by atoms with Gasteiger partial charge in [-0.1, -0.05) is 40.0 Å². The number of amides is 1. The summed E-state index contributed by atoms with van der Waals surface area (Å²) < 4.78 is 16.9. The standard InChI is InChI=1S/C24H23BrN2O4S/c1-4-12-31-21-16-19(25)17(14-20(21)30-3)15-22-23(28)27(11-8-13-29-2)24(32-22)26-18-9-6-5-7-10-18/h1,5-7,9-10,14-16H,8,11-13H2,2-3H3/b22-15-,26-24?. The van der Waals surface area contributed by atoms with Crippen molar-refractivity contribution < 1.29 is 19.0 Å². The SMILES string of the molecule is C#CCOc1cc(Br)c(/C=C2\SC(=Nc3ccccc3)N(CCCOC)C2=O)cc1OC. The van der Waals surface area contributed by atoms with E-state index in [0.29, 0.717) is 41.1 Å². The summed E-state index contributed by atoms with van der Waals surface area (Å²) in [5.74, 6) is 3.39. The number of amidine groups is 1. The minimum absolute atomic E-state index is 0.0979. The van der Waals surface area contributed by atoms with Crippen molar-refractivity contribution in [1.29, 1.82) is 0 Å². The van der Waals surface area contributed by atoms with E-state index in [9.17, 15) is 4.79 Å². The van der Waals surface area contributed by atoms with Crippen LogP contribution in [0.5, 0.6) is 11.5 Å². The van der Waals surface area contributed by atoms with Crippen LogP contribution in [0.1, 0.15) is 12.0 Å². The fourth-order valence-electron chi connectivity index (χ4n) is 2.96. The quantitative estimate of drug-likeness (QED) is 0.264. The van der Waals surface area contributed by atoms with Crippen LogP contribution < -0.4 is 9.47 Å². The van der Waals surface area contributed by atoms with E-state index < -0.39 is 0 Å². The third-order valence-electron chi connectivity index (χ3n) is 4.48. The Hall–Kier alpha value is -2.73. The van der Waals surface area contributed by atoms with Crippen LogP contribution in [0.4, 0.5) is 5.69 Å². The van der Waals surface area contributed by atoms with Gasteiger partial charge in [0.15, 0.2) is 16.7 Å². The minimum atomic E-state index is -0.0979. The fraction of sp³-hybridized carbons (Fsp3) is 0.250. The van der Waals surface area contributed by atoms with Gasteiger partial charge >= 0.3 is 0 Å². The lowest BCUT2D eigenvalue weighted by atomic mass is 10.2. The summed E-state index contributed by atoms with van der Waals surface area (Å²) >= 11 is 4.89. The molecule has 8 heteroatoms. The highest BCUT2D eigenvalue weighted by Crippen LogP contribution is 2.38. The number of terminal acetylenes is 1. The van der Waals surface area contributed by atoms with E-state index in [1.54, 1.807) is 31.3 Å². The Kier molecular flexibility index (Phi) is 8.80. The first kappa shape index (κ1) is 23.9. The molecule has 0 unspecified atom stereocenters. The van der Waals surface area contributed by atoms with Gasteiger partial charge in [-0.05, 0) is 54.1 Å². The van der Waals surface area contributed by atoms with Crippen molar-refractivity contribution in [3.8, 4) is 23.8 Å². The van der Waals surface area contributed by atoms with Gasteiger partial charge in [0, 0.05) is 24.7 Å². The monoisotopic (exact) mass is 514 g/mol. The lowest BCUT2D eigenvalue weighted by Gasteiger charge is -2.15. The molecule has 1 amide bonds. The van der Waals surface area contributed by atoms with Crippen molar-refractivity contribution in [2.45, 2.75) is 6.42 Å². The van der Waals surface area contributed by atoms with Crippen LogP contribution in [0.15, 0.2) is 56.8 Å². The van der Waals surface area contributed by atoms with Crippen LogP contribution in [0.3, 0.4) is 0 Å². The molecule has 1 aliphatic heterocycles. The summed E-state index contributed by atoms with van der Waals surface area (Å²) in [7, 11) is 3.20. The summed E-state index contributed by atoms with van der Waals surface area (Å²) in [6, 6.07) is 13.2. The van der Waals surface area contributed by atoms with Crippen molar-refractivity contribution in [3.63, 3.8) is 0 Å². The molecule has 166 valence electrons. The third kappa shape index (κ3) is 5.94. The van der Waals surface area contributed by atoms with E-state index in [0.717, 1.165) is 15.7 Å². The topological polar surface area (TPSA) is 60.4 Å². The minimum Gasteiger partial charge on any atom is -0.493 e.